The average Bonchev–Trinajstić information content (AvgIpc) is 2.47. The molecule has 0 rings (SSSR count). The highest BCUT2D eigenvalue weighted by Crippen LogP contribution is 2.07. The highest BCUT2D eigenvalue weighted by molar-refractivity contribution is 4.74. The Hall–Kier alpha value is -0.240. The molecule has 0 amide bonds. The maximum atomic E-state index is 5.69. The van der Waals surface area contributed by atoms with Crippen molar-refractivity contribution in [2.45, 2.75) is 25.9 Å². The van der Waals surface area contributed by atoms with Gasteiger partial charge in [0.05, 0.1) is 52.3 Å². The monoisotopic (exact) mass is 307 g/mol. The van der Waals surface area contributed by atoms with E-state index in [9.17, 15) is 0 Å². The molecule has 0 aromatic carbocycles. The third-order valence-electron chi connectivity index (χ3n) is 3.17. The van der Waals surface area contributed by atoms with Crippen molar-refractivity contribution in [3.63, 3.8) is 0 Å². The number of nitrogens with zero attached hydrogens (tertiary/aromatic N) is 1. The molecule has 0 bridgehead atoms. The second-order valence-electron chi connectivity index (χ2n) is 5.11. The molecule has 0 aromatic heterocycles. The van der Waals surface area contributed by atoms with E-state index in [1.165, 1.54) is 0 Å². The maximum absolute atomic E-state index is 5.69. The van der Waals surface area contributed by atoms with Crippen LogP contribution in [0.2, 0.25) is 0 Å². The average molecular weight is 307 g/mol. The summed E-state index contributed by atoms with van der Waals surface area (Å²) in [6.07, 6.45) is 0. The summed E-state index contributed by atoms with van der Waals surface area (Å²) < 4.78 is 26.6. The van der Waals surface area contributed by atoms with Crippen LogP contribution >= 0.6 is 0 Å². The Balaban J connectivity index is 4.33. The van der Waals surface area contributed by atoms with E-state index in [0.29, 0.717) is 52.3 Å². The van der Waals surface area contributed by atoms with Crippen molar-refractivity contribution in [1.29, 1.82) is 0 Å². The number of hydrogen-bond acceptors (Lipinski definition) is 6. The summed E-state index contributed by atoms with van der Waals surface area (Å²) in [5.41, 5.74) is 0. The molecular weight excluding hydrogens is 274 g/mol. The van der Waals surface area contributed by atoms with Gasteiger partial charge in [-0.2, -0.15) is 0 Å². The van der Waals surface area contributed by atoms with Crippen LogP contribution in [-0.4, -0.2) is 91.1 Å². The van der Waals surface area contributed by atoms with Gasteiger partial charge in [-0.3, -0.25) is 4.90 Å². The Morgan fingerprint density at radius 1 is 0.714 bits per heavy atom. The minimum atomic E-state index is 0.203. The normalized spacial score (nSPS) is 12.0. The lowest BCUT2D eigenvalue weighted by Crippen LogP contribution is -2.47. The minimum Gasteiger partial charge on any atom is -0.383 e. The fraction of sp³-hybridized carbons (Fsp3) is 1.00. The molecule has 0 atom stereocenters. The molecule has 0 heterocycles. The van der Waals surface area contributed by atoms with Gasteiger partial charge in [-0.05, 0) is 13.8 Å². The first-order chi connectivity index (χ1) is 10.2. The summed E-state index contributed by atoms with van der Waals surface area (Å²) in [6, 6.07) is 0.607. The second kappa shape index (κ2) is 14.7. The molecule has 0 aromatic rings. The molecule has 0 radical (unpaired) electrons. The zero-order chi connectivity index (χ0) is 15.9. The predicted octanol–water partition coefficient (Wildman–Crippen LogP) is 1.04. The van der Waals surface area contributed by atoms with Crippen LogP contribution in [0.15, 0.2) is 0 Å². The molecule has 21 heavy (non-hydrogen) atoms. The Kier molecular flexibility index (Phi) is 14.5. The van der Waals surface area contributed by atoms with Crippen LogP contribution < -0.4 is 0 Å². The Bertz CT molecular complexity index is 204. The summed E-state index contributed by atoms with van der Waals surface area (Å²) in [4.78, 5) is 2.35. The Morgan fingerprint density at radius 3 is 1.57 bits per heavy atom. The van der Waals surface area contributed by atoms with Crippen LogP contribution in [0.4, 0.5) is 0 Å². The van der Waals surface area contributed by atoms with Crippen molar-refractivity contribution in [1.82, 2.24) is 4.90 Å². The standard InChI is InChI=1S/C15H33NO5/c1-14(2)16(6-7-17-3)15(12-20-10-8-18-4)13-21-11-9-19-5/h14-15H,6-13H2,1-5H3. The van der Waals surface area contributed by atoms with Crippen LogP contribution in [0, 0.1) is 0 Å². The Labute approximate surface area is 129 Å². The summed E-state index contributed by atoms with van der Waals surface area (Å²) in [5.74, 6) is 0. The van der Waals surface area contributed by atoms with E-state index < -0.39 is 0 Å². The van der Waals surface area contributed by atoms with Crippen molar-refractivity contribution in [3.05, 3.63) is 0 Å². The first-order valence-electron chi connectivity index (χ1n) is 7.55. The SMILES string of the molecule is COCCOCC(COCCOC)N(CCOC)C(C)C. The zero-order valence-electron chi connectivity index (χ0n) is 14.3. The quantitative estimate of drug-likeness (QED) is 0.421. The second-order valence-corrected chi connectivity index (χ2v) is 5.11. The van der Waals surface area contributed by atoms with Gasteiger partial charge in [-0.15, -0.1) is 0 Å². The van der Waals surface area contributed by atoms with Crippen LogP contribution in [0.1, 0.15) is 13.8 Å². The first kappa shape index (κ1) is 20.8. The highest BCUT2D eigenvalue weighted by Gasteiger charge is 2.21. The van der Waals surface area contributed by atoms with Gasteiger partial charge in [0.25, 0.3) is 0 Å². The molecule has 6 nitrogen and oxygen atoms in total. The molecule has 0 aliphatic heterocycles. The van der Waals surface area contributed by atoms with Crippen LogP contribution in [0.3, 0.4) is 0 Å². The molecule has 0 saturated heterocycles. The topological polar surface area (TPSA) is 49.4 Å². The van der Waals surface area contributed by atoms with Gasteiger partial charge in [0.1, 0.15) is 0 Å². The summed E-state index contributed by atoms with van der Waals surface area (Å²) in [5, 5.41) is 0. The van der Waals surface area contributed by atoms with Gasteiger partial charge in [-0.25, -0.2) is 0 Å². The van der Waals surface area contributed by atoms with E-state index in [1.54, 1.807) is 21.3 Å². The van der Waals surface area contributed by atoms with Crippen molar-refractivity contribution in [2.75, 3.05) is 74.1 Å². The fourth-order valence-electron chi connectivity index (χ4n) is 2.02. The van der Waals surface area contributed by atoms with E-state index in [-0.39, 0.29) is 6.04 Å². The van der Waals surface area contributed by atoms with E-state index >= 15 is 0 Å². The van der Waals surface area contributed by atoms with Crippen molar-refractivity contribution in [2.24, 2.45) is 0 Å². The van der Waals surface area contributed by atoms with Crippen LogP contribution in [0.25, 0.3) is 0 Å². The smallest absolute Gasteiger partial charge is 0.0701 e. The van der Waals surface area contributed by atoms with Gasteiger partial charge in [-0.1, -0.05) is 0 Å². The molecule has 0 aliphatic rings. The van der Waals surface area contributed by atoms with Crippen LogP contribution in [0.5, 0.6) is 0 Å². The van der Waals surface area contributed by atoms with E-state index in [2.05, 4.69) is 18.7 Å². The zero-order valence-corrected chi connectivity index (χ0v) is 14.3. The third kappa shape index (κ3) is 11.0. The van der Waals surface area contributed by atoms with Gasteiger partial charge in [0, 0.05) is 33.9 Å². The van der Waals surface area contributed by atoms with Gasteiger partial charge in [0.15, 0.2) is 0 Å². The van der Waals surface area contributed by atoms with Crippen molar-refractivity contribution in [3.8, 4) is 0 Å². The lowest BCUT2D eigenvalue weighted by molar-refractivity contribution is -0.0304. The van der Waals surface area contributed by atoms with Gasteiger partial charge >= 0.3 is 0 Å². The number of hydrogen-bond donors (Lipinski definition) is 0. The number of methoxy groups -OCH3 is 3. The molecule has 0 aliphatic carbocycles. The highest BCUT2D eigenvalue weighted by atomic mass is 16.5. The third-order valence-corrected chi connectivity index (χ3v) is 3.17. The molecular formula is C15H33NO5. The number of rotatable bonds is 15. The summed E-state index contributed by atoms with van der Waals surface area (Å²) in [7, 11) is 5.07. The van der Waals surface area contributed by atoms with Gasteiger partial charge < -0.3 is 23.7 Å². The number of ether oxygens (including phenoxy) is 5. The van der Waals surface area contributed by atoms with Crippen molar-refractivity contribution >= 4 is 0 Å². The van der Waals surface area contributed by atoms with E-state index in [0.717, 1.165) is 6.54 Å². The summed E-state index contributed by atoms with van der Waals surface area (Å²) in [6.45, 7) is 9.57. The maximum Gasteiger partial charge on any atom is 0.0701 e. The van der Waals surface area contributed by atoms with E-state index in [4.69, 9.17) is 23.7 Å². The minimum absolute atomic E-state index is 0.203. The predicted molar refractivity (Wildman–Crippen MR) is 82.9 cm³/mol. The largest absolute Gasteiger partial charge is 0.383 e. The van der Waals surface area contributed by atoms with Gasteiger partial charge in [0.2, 0.25) is 0 Å². The molecule has 6 heteroatoms. The summed E-state index contributed by atoms with van der Waals surface area (Å²) >= 11 is 0. The van der Waals surface area contributed by atoms with Crippen molar-refractivity contribution < 1.29 is 23.7 Å². The molecule has 0 fully saturated rings. The van der Waals surface area contributed by atoms with Crippen LogP contribution in [-0.2, 0) is 23.7 Å². The molecule has 0 saturated carbocycles. The fourth-order valence-corrected chi connectivity index (χ4v) is 2.02. The lowest BCUT2D eigenvalue weighted by atomic mass is 10.2. The van der Waals surface area contributed by atoms with E-state index in [1.807, 2.05) is 0 Å². The molecule has 0 spiro atoms. The lowest BCUT2D eigenvalue weighted by Gasteiger charge is -2.34. The molecule has 0 unspecified atom stereocenters. The molecule has 128 valence electrons. The Morgan fingerprint density at radius 2 is 1.19 bits per heavy atom. The first-order valence-corrected chi connectivity index (χ1v) is 7.55. The molecule has 0 N–H and O–H groups in total.